The van der Waals surface area contributed by atoms with E-state index >= 15 is 0 Å². The summed E-state index contributed by atoms with van der Waals surface area (Å²) >= 11 is 0. The van der Waals surface area contributed by atoms with E-state index in [1.54, 1.807) is 6.07 Å². The average Bonchev–Trinajstić information content (AvgIpc) is 2.70. The SMILES string of the molecule is CCOc1ccc(Nc2cc(C(=O)Nc3ccc(N(C)C)cc3)ncn2)cc1. The predicted octanol–water partition coefficient (Wildman–Crippen LogP) is 3.94. The van der Waals surface area contributed by atoms with Crippen molar-refractivity contribution in [2.75, 3.05) is 36.2 Å². The number of ether oxygens (including phenoxy) is 1. The number of carbonyl (C=O) groups is 1. The summed E-state index contributed by atoms with van der Waals surface area (Å²) in [5, 5.41) is 6.01. The van der Waals surface area contributed by atoms with E-state index in [-0.39, 0.29) is 11.6 Å². The molecule has 0 spiro atoms. The van der Waals surface area contributed by atoms with Gasteiger partial charge in [-0.1, -0.05) is 0 Å². The van der Waals surface area contributed by atoms with Crippen LogP contribution in [0.1, 0.15) is 17.4 Å². The van der Waals surface area contributed by atoms with Crippen molar-refractivity contribution >= 4 is 28.8 Å². The number of carbonyl (C=O) groups excluding carboxylic acids is 1. The highest BCUT2D eigenvalue weighted by Crippen LogP contribution is 2.20. The summed E-state index contributed by atoms with van der Waals surface area (Å²) in [7, 11) is 3.93. The molecule has 3 rings (SSSR count). The van der Waals surface area contributed by atoms with E-state index in [1.165, 1.54) is 6.33 Å². The lowest BCUT2D eigenvalue weighted by Gasteiger charge is -2.13. The molecule has 3 aromatic rings. The number of nitrogens with one attached hydrogen (secondary N) is 2. The summed E-state index contributed by atoms with van der Waals surface area (Å²) < 4.78 is 5.43. The Kier molecular flexibility index (Phi) is 6.06. The van der Waals surface area contributed by atoms with Gasteiger partial charge in [-0.3, -0.25) is 4.79 Å². The van der Waals surface area contributed by atoms with E-state index in [0.717, 1.165) is 17.1 Å². The van der Waals surface area contributed by atoms with Gasteiger partial charge in [-0.15, -0.1) is 0 Å². The van der Waals surface area contributed by atoms with Gasteiger partial charge in [-0.2, -0.15) is 0 Å². The maximum absolute atomic E-state index is 12.5. The Morgan fingerprint density at radius 1 is 1.00 bits per heavy atom. The van der Waals surface area contributed by atoms with Crippen molar-refractivity contribution in [2.24, 2.45) is 0 Å². The molecule has 1 heterocycles. The van der Waals surface area contributed by atoms with Gasteiger partial charge in [0.2, 0.25) is 0 Å². The van der Waals surface area contributed by atoms with Crippen molar-refractivity contribution < 1.29 is 9.53 Å². The van der Waals surface area contributed by atoms with E-state index in [1.807, 2.05) is 74.4 Å². The zero-order chi connectivity index (χ0) is 19.9. The molecule has 0 aliphatic heterocycles. The van der Waals surface area contributed by atoms with Crippen LogP contribution in [-0.2, 0) is 0 Å². The van der Waals surface area contributed by atoms with Crippen molar-refractivity contribution in [3.05, 3.63) is 66.6 Å². The highest BCUT2D eigenvalue weighted by atomic mass is 16.5. The van der Waals surface area contributed by atoms with Gasteiger partial charge in [0.05, 0.1) is 6.61 Å². The monoisotopic (exact) mass is 377 g/mol. The van der Waals surface area contributed by atoms with Crippen LogP contribution in [0.15, 0.2) is 60.9 Å². The van der Waals surface area contributed by atoms with Crippen LogP contribution < -0.4 is 20.3 Å². The number of rotatable bonds is 7. The first-order valence-corrected chi connectivity index (χ1v) is 8.96. The molecule has 7 heteroatoms. The quantitative estimate of drug-likeness (QED) is 0.649. The first-order valence-electron chi connectivity index (χ1n) is 8.96. The summed E-state index contributed by atoms with van der Waals surface area (Å²) in [6.45, 7) is 2.56. The molecule has 0 aliphatic rings. The van der Waals surface area contributed by atoms with Gasteiger partial charge in [-0.25, -0.2) is 9.97 Å². The Morgan fingerprint density at radius 3 is 2.32 bits per heavy atom. The van der Waals surface area contributed by atoms with E-state index in [9.17, 15) is 4.79 Å². The minimum absolute atomic E-state index is 0.278. The second kappa shape index (κ2) is 8.85. The van der Waals surface area contributed by atoms with Gasteiger partial charge in [0.15, 0.2) is 0 Å². The standard InChI is InChI=1S/C21H23N5O2/c1-4-28-18-11-7-15(8-12-18)24-20-13-19(22-14-23-20)21(27)25-16-5-9-17(10-6-16)26(2)3/h5-14H,4H2,1-3H3,(H,25,27)(H,22,23,24). The van der Waals surface area contributed by atoms with E-state index in [4.69, 9.17) is 4.74 Å². The number of amides is 1. The number of aromatic nitrogens is 2. The zero-order valence-corrected chi connectivity index (χ0v) is 16.1. The normalized spacial score (nSPS) is 10.2. The molecule has 144 valence electrons. The fourth-order valence-electron chi connectivity index (χ4n) is 2.54. The van der Waals surface area contributed by atoms with Crippen molar-refractivity contribution in [2.45, 2.75) is 6.92 Å². The number of benzene rings is 2. The third-order valence-electron chi connectivity index (χ3n) is 3.98. The maximum atomic E-state index is 12.5. The molecular formula is C21H23N5O2. The van der Waals surface area contributed by atoms with Crippen molar-refractivity contribution in [3.63, 3.8) is 0 Å². The molecule has 0 unspecified atom stereocenters. The molecule has 0 aliphatic carbocycles. The first-order chi connectivity index (χ1) is 13.5. The molecule has 2 aromatic carbocycles. The fraction of sp³-hybridized carbons (Fsp3) is 0.190. The van der Waals surface area contributed by atoms with Gasteiger partial charge in [-0.05, 0) is 55.5 Å². The molecule has 0 bridgehead atoms. The van der Waals surface area contributed by atoms with Crippen LogP contribution in [0.2, 0.25) is 0 Å². The van der Waals surface area contributed by atoms with Crippen LogP contribution in [0.5, 0.6) is 5.75 Å². The first kappa shape index (κ1) is 19.2. The smallest absolute Gasteiger partial charge is 0.274 e. The van der Waals surface area contributed by atoms with Crippen molar-refractivity contribution in [1.29, 1.82) is 0 Å². The van der Waals surface area contributed by atoms with Gasteiger partial charge in [0.25, 0.3) is 5.91 Å². The van der Waals surface area contributed by atoms with Gasteiger partial charge < -0.3 is 20.3 Å². The summed E-state index contributed by atoms with van der Waals surface area (Å²) in [5.74, 6) is 1.04. The molecule has 2 N–H and O–H groups in total. The third kappa shape index (κ3) is 4.97. The zero-order valence-electron chi connectivity index (χ0n) is 16.1. The Labute approximate surface area is 164 Å². The molecule has 0 saturated carbocycles. The number of hydrogen-bond donors (Lipinski definition) is 2. The average molecular weight is 377 g/mol. The van der Waals surface area contributed by atoms with Crippen LogP contribution >= 0.6 is 0 Å². The maximum Gasteiger partial charge on any atom is 0.274 e. The van der Waals surface area contributed by atoms with Crippen LogP contribution in [-0.4, -0.2) is 36.6 Å². The second-order valence-electron chi connectivity index (χ2n) is 6.27. The lowest BCUT2D eigenvalue weighted by molar-refractivity contribution is 0.102. The van der Waals surface area contributed by atoms with Crippen molar-refractivity contribution in [1.82, 2.24) is 9.97 Å². The second-order valence-corrected chi connectivity index (χ2v) is 6.27. The molecule has 0 atom stereocenters. The van der Waals surface area contributed by atoms with Crippen LogP contribution in [0, 0.1) is 0 Å². The van der Waals surface area contributed by atoms with E-state index in [2.05, 4.69) is 20.6 Å². The van der Waals surface area contributed by atoms with E-state index < -0.39 is 0 Å². The van der Waals surface area contributed by atoms with Crippen LogP contribution in [0.4, 0.5) is 22.9 Å². The van der Waals surface area contributed by atoms with Gasteiger partial charge in [0.1, 0.15) is 23.6 Å². The third-order valence-corrected chi connectivity index (χ3v) is 3.98. The summed E-state index contributed by atoms with van der Waals surface area (Å²) in [4.78, 5) is 22.7. The Morgan fingerprint density at radius 2 is 1.68 bits per heavy atom. The van der Waals surface area contributed by atoms with Crippen LogP contribution in [0.3, 0.4) is 0 Å². The Bertz CT molecular complexity index is 924. The largest absolute Gasteiger partial charge is 0.494 e. The molecule has 1 amide bonds. The minimum atomic E-state index is -0.297. The van der Waals surface area contributed by atoms with Gasteiger partial charge in [0, 0.05) is 37.2 Å². The van der Waals surface area contributed by atoms with E-state index in [0.29, 0.717) is 18.1 Å². The number of anilines is 4. The highest BCUT2D eigenvalue weighted by molar-refractivity contribution is 6.03. The Hall–Kier alpha value is -3.61. The summed E-state index contributed by atoms with van der Waals surface area (Å²) in [5.41, 5.74) is 2.88. The fourth-order valence-corrected chi connectivity index (χ4v) is 2.54. The lowest BCUT2D eigenvalue weighted by atomic mass is 10.2. The highest BCUT2D eigenvalue weighted by Gasteiger charge is 2.10. The van der Waals surface area contributed by atoms with Crippen LogP contribution in [0.25, 0.3) is 0 Å². The summed E-state index contributed by atoms with van der Waals surface area (Å²) in [6.07, 6.45) is 1.36. The molecule has 0 fully saturated rings. The molecule has 1 aromatic heterocycles. The predicted molar refractivity (Wildman–Crippen MR) is 112 cm³/mol. The molecule has 28 heavy (non-hydrogen) atoms. The number of hydrogen-bond acceptors (Lipinski definition) is 6. The molecule has 0 saturated heterocycles. The van der Waals surface area contributed by atoms with Gasteiger partial charge >= 0.3 is 0 Å². The number of nitrogens with zero attached hydrogens (tertiary/aromatic N) is 3. The Balaban J connectivity index is 1.67. The molecule has 7 nitrogen and oxygen atoms in total. The topological polar surface area (TPSA) is 79.4 Å². The minimum Gasteiger partial charge on any atom is -0.494 e. The van der Waals surface area contributed by atoms with Crippen molar-refractivity contribution in [3.8, 4) is 5.75 Å². The molecule has 0 radical (unpaired) electrons. The lowest BCUT2D eigenvalue weighted by Crippen LogP contribution is -2.14. The molecular weight excluding hydrogens is 354 g/mol. The summed E-state index contributed by atoms with van der Waals surface area (Å²) in [6, 6.07) is 16.7.